The molecule has 0 fully saturated rings. The Balaban J connectivity index is 3.15. The van der Waals surface area contributed by atoms with Gasteiger partial charge in [0.2, 0.25) is 0 Å². The van der Waals surface area contributed by atoms with Gasteiger partial charge in [-0.3, -0.25) is 25.4 Å². The first kappa shape index (κ1) is 13.3. The van der Waals surface area contributed by atoms with E-state index in [1.807, 2.05) is 0 Å². The van der Waals surface area contributed by atoms with Gasteiger partial charge in [-0.1, -0.05) is 0 Å². The largest absolute Gasteiger partial charge is 0.438 e. The molecule has 0 saturated carbocycles. The highest BCUT2D eigenvalue weighted by atomic mass is 16.6. The maximum absolute atomic E-state index is 11.0. The van der Waals surface area contributed by atoms with Crippen LogP contribution in [0, 0.1) is 20.2 Å². The highest BCUT2D eigenvalue weighted by Crippen LogP contribution is 2.27. The zero-order chi connectivity index (χ0) is 13.9. The average molecular weight is 257 g/mol. The summed E-state index contributed by atoms with van der Waals surface area (Å²) in [4.78, 5) is 30.3. The molecule has 0 aliphatic carbocycles. The zero-order valence-electron chi connectivity index (χ0n) is 8.97. The summed E-state index contributed by atoms with van der Waals surface area (Å²) in [5, 5.41) is 29.9. The Bertz CT molecular complexity index is 481. The van der Waals surface area contributed by atoms with E-state index in [0.29, 0.717) is 0 Å². The number of carbonyl (C=O) groups excluding carboxylic acids is 1. The fourth-order valence-corrected chi connectivity index (χ4v) is 1.00. The highest BCUT2D eigenvalue weighted by molar-refractivity contribution is 5.69. The Kier molecular flexibility index (Phi) is 3.74. The van der Waals surface area contributed by atoms with Gasteiger partial charge in [-0.05, 0) is 0 Å². The SMILES string of the molecule is CN(O)C(=O)Oc1cc([N+](=O)[O-])cc([N+](=O)[O-])c1. The molecule has 1 rings (SSSR count). The number of benzene rings is 1. The molecule has 0 atom stereocenters. The lowest BCUT2D eigenvalue weighted by Crippen LogP contribution is -2.26. The summed E-state index contributed by atoms with van der Waals surface area (Å²) in [6.07, 6.45) is -1.23. The summed E-state index contributed by atoms with van der Waals surface area (Å²) < 4.78 is 4.49. The number of non-ortho nitro benzene ring substituents is 2. The molecular formula is C8H7N3O7. The number of nitro groups is 2. The minimum absolute atomic E-state index is 0.0880. The van der Waals surface area contributed by atoms with Gasteiger partial charge in [-0.25, -0.2) is 4.79 Å². The van der Waals surface area contributed by atoms with Gasteiger partial charge in [0.1, 0.15) is 5.75 Å². The van der Waals surface area contributed by atoms with Crippen LogP contribution in [-0.2, 0) is 0 Å². The van der Waals surface area contributed by atoms with E-state index in [4.69, 9.17) is 5.21 Å². The quantitative estimate of drug-likeness (QED) is 0.489. The van der Waals surface area contributed by atoms with Gasteiger partial charge in [0.25, 0.3) is 11.4 Å². The Labute approximate surface area is 99.3 Å². The molecule has 0 aliphatic heterocycles. The lowest BCUT2D eigenvalue weighted by Gasteiger charge is -2.08. The molecule has 18 heavy (non-hydrogen) atoms. The van der Waals surface area contributed by atoms with Crippen LogP contribution in [0.4, 0.5) is 16.2 Å². The average Bonchev–Trinajstić information content (AvgIpc) is 2.28. The van der Waals surface area contributed by atoms with Crippen molar-refractivity contribution in [2.24, 2.45) is 0 Å². The first-order chi connectivity index (χ1) is 8.31. The fraction of sp³-hybridized carbons (Fsp3) is 0.125. The van der Waals surface area contributed by atoms with Gasteiger partial charge in [-0.2, -0.15) is 5.06 Å². The van der Waals surface area contributed by atoms with Crippen molar-refractivity contribution < 1.29 is 24.6 Å². The first-order valence-electron chi connectivity index (χ1n) is 4.39. The monoisotopic (exact) mass is 257 g/mol. The highest BCUT2D eigenvalue weighted by Gasteiger charge is 2.19. The van der Waals surface area contributed by atoms with Crippen molar-refractivity contribution in [1.82, 2.24) is 5.06 Å². The van der Waals surface area contributed by atoms with E-state index in [1.54, 1.807) is 0 Å². The number of hydroxylamine groups is 2. The summed E-state index contributed by atoms with van der Waals surface area (Å²) in [5.74, 6) is -0.415. The van der Waals surface area contributed by atoms with Crippen molar-refractivity contribution in [1.29, 1.82) is 0 Å². The summed E-state index contributed by atoms with van der Waals surface area (Å²) >= 11 is 0. The fourth-order valence-electron chi connectivity index (χ4n) is 1.00. The minimum atomic E-state index is -1.23. The van der Waals surface area contributed by atoms with Gasteiger partial charge in [0, 0.05) is 7.05 Å². The molecule has 10 heteroatoms. The van der Waals surface area contributed by atoms with Crippen LogP contribution in [0.1, 0.15) is 0 Å². The zero-order valence-corrected chi connectivity index (χ0v) is 8.97. The molecule has 0 unspecified atom stereocenters. The summed E-state index contributed by atoms with van der Waals surface area (Å²) in [6.45, 7) is 0. The van der Waals surface area contributed by atoms with Crippen LogP contribution >= 0.6 is 0 Å². The Morgan fingerprint density at radius 1 is 1.22 bits per heavy atom. The number of nitro benzene ring substituents is 2. The predicted octanol–water partition coefficient (Wildman–Crippen LogP) is 1.32. The summed E-state index contributed by atoms with van der Waals surface area (Å²) in [5.41, 5.74) is -1.21. The molecule has 0 saturated heterocycles. The third-order valence-corrected chi connectivity index (χ3v) is 1.77. The van der Waals surface area contributed by atoms with Crippen LogP contribution in [0.3, 0.4) is 0 Å². The minimum Gasteiger partial charge on any atom is -0.408 e. The van der Waals surface area contributed by atoms with Crippen LogP contribution in [0.2, 0.25) is 0 Å². The van der Waals surface area contributed by atoms with Gasteiger partial charge in [-0.15, -0.1) is 0 Å². The molecule has 0 aliphatic rings. The molecule has 0 heterocycles. The molecule has 0 spiro atoms. The van der Waals surface area contributed by atoms with Gasteiger partial charge in [0.05, 0.1) is 28.0 Å². The van der Waals surface area contributed by atoms with E-state index in [2.05, 4.69) is 4.74 Å². The molecule has 1 aromatic rings. The molecule has 1 amide bonds. The van der Waals surface area contributed by atoms with Gasteiger partial charge < -0.3 is 4.74 Å². The van der Waals surface area contributed by atoms with Gasteiger partial charge in [0.15, 0.2) is 0 Å². The number of hydrogen-bond acceptors (Lipinski definition) is 7. The maximum Gasteiger partial charge on any atom is 0.438 e. The molecule has 10 nitrogen and oxygen atoms in total. The number of nitrogens with zero attached hydrogens (tertiary/aromatic N) is 3. The van der Waals surface area contributed by atoms with Crippen molar-refractivity contribution in [3.05, 3.63) is 38.4 Å². The number of carbonyl (C=O) groups is 1. The number of ether oxygens (including phenoxy) is 1. The summed E-state index contributed by atoms with van der Waals surface area (Å²) in [6, 6.07) is 2.38. The van der Waals surface area contributed by atoms with Crippen LogP contribution in [-0.4, -0.2) is 33.3 Å². The van der Waals surface area contributed by atoms with E-state index in [0.717, 1.165) is 25.2 Å². The molecule has 1 aromatic carbocycles. The van der Waals surface area contributed by atoms with Crippen LogP contribution in [0.25, 0.3) is 0 Å². The van der Waals surface area contributed by atoms with Crippen LogP contribution in [0.15, 0.2) is 18.2 Å². The Hall–Kier alpha value is -2.75. The first-order valence-corrected chi connectivity index (χ1v) is 4.39. The summed E-state index contributed by atoms with van der Waals surface area (Å²) in [7, 11) is 0.966. The van der Waals surface area contributed by atoms with E-state index >= 15 is 0 Å². The normalized spacial score (nSPS) is 9.67. The molecule has 96 valence electrons. The predicted molar refractivity (Wildman–Crippen MR) is 55.3 cm³/mol. The molecule has 0 radical (unpaired) electrons. The van der Waals surface area contributed by atoms with E-state index < -0.39 is 33.1 Å². The van der Waals surface area contributed by atoms with Crippen molar-refractivity contribution in [2.75, 3.05) is 7.05 Å². The second kappa shape index (κ2) is 5.05. The molecule has 0 aromatic heterocycles. The topological polar surface area (TPSA) is 136 Å². The van der Waals surface area contributed by atoms with Crippen LogP contribution < -0.4 is 4.74 Å². The molecular weight excluding hydrogens is 250 g/mol. The van der Waals surface area contributed by atoms with Crippen molar-refractivity contribution in [2.45, 2.75) is 0 Å². The van der Waals surface area contributed by atoms with Crippen molar-refractivity contribution in [3.8, 4) is 5.75 Å². The Morgan fingerprint density at radius 2 is 1.67 bits per heavy atom. The number of hydrogen-bond donors (Lipinski definition) is 1. The molecule has 0 bridgehead atoms. The third-order valence-electron chi connectivity index (χ3n) is 1.77. The Morgan fingerprint density at radius 3 is 2.00 bits per heavy atom. The lowest BCUT2D eigenvalue weighted by molar-refractivity contribution is -0.394. The smallest absolute Gasteiger partial charge is 0.408 e. The maximum atomic E-state index is 11.0. The number of amides is 1. The van der Waals surface area contributed by atoms with Crippen molar-refractivity contribution in [3.63, 3.8) is 0 Å². The van der Waals surface area contributed by atoms with E-state index in [9.17, 15) is 25.0 Å². The van der Waals surface area contributed by atoms with E-state index in [1.165, 1.54) is 0 Å². The second-order valence-corrected chi connectivity index (χ2v) is 3.09. The van der Waals surface area contributed by atoms with Crippen LogP contribution in [0.5, 0.6) is 5.75 Å². The van der Waals surface area contributed by atoms with Gasteiger partial charge >= 0.3 is 6.09 Å². The van der Waals surface area contributed by atoms with E-state index in [-0.39, 0.29) is 5.06 Å². The lowest BCUT2D eigenvalue weighted by atomic mass is 10.2. The van der Waals surface area contributed by atoms with Crippen molar-refractivity contribution >= 4 is 17.5 Å². The third kappa shape index (κ3) is 3.12. The second-order valence-electron chi connectivity index (χ2n) is 3.09. The standard InChI is InChI=1S/C8H7N3O7/c1-9(13)8(12)18-7-3-5(10(14)15)2-6(4-7)11(16)17/h2-4,13H,1H3. The molecule has 1 N–H and O–H groups in total. The number of rotatable bonds is 3.